The van der Waals surface area contributed by atoms with Gasteiger partial charge in [-0.1, -0.05) is 38.8 Å². The Labute approximate surface area is 121 Å². The van der Waals surface area contributed by atoms with Gasteiger partial charge in [0.1, 0.15) is 0 Å². The van der Waals surface area contributed by atoms with Crippen molar-refractivity contribution in [3.05, 3.63) is 29.8 Å². The molecule has 0 saturated heterocycles. The summed E-state index contributed by atoms with van der Waals surface area (Å²) in [6.45, 7) is 8.03. The number of carbonyl (C=O) groups is 1. The summed E-state index contributed by atoms with van der Waals surface area (Å²) >= 11 is 0. The van der Waals surface area contributed by atoms with Crippen molar-refractivity contribution in [1.82, 2.24) is 5.32 Å². The smallest absolute Gasteiger partial charge is 0.319 e. The van der Waals surface area contributed by atoms with Crippen LogP contribution in [0.3, 0.4) is 0 Å². The summed E-state index contributed by atoms with van der Waals surface area (Å²) in [5, 5.41) is 15.2. The predicted molar refractivity (Wildman–Crippen MR) is 82.8 cm³/mol. The molecular formula is C16H26N2O2. The van der Waals surface area contributed by atoms with Crippen LogP contribution < -0.4 is 10.6 Å². The number of carbonyl (C=O) groups excluding carboxylic acids is 1. The van der Waals surface area contributed by atoms with Crippen molar-refractivity contribution >= 4 is 11.7 Å². The zero-order valence-electron chi connectivity index (χ0n) is 12.8. The van der Waals surface area contributed by atoms with E-state index in [9.17, 15) is 9.90 Å². The molecule has 0 fully saturated rings. The van der Waals surface area contributed by atoms with Crippen molar-refractivity contribution in [1.29, 1.82) is 0 Å². The third kappa shape index (κ3) is 4.85. The second-order valence-corrected chi connectivity index (χ2v) is 5.26. The number of nitrogens with one attached hydrogen (secondary N) is 2. The molecule has 0 radical (unpaired) electrons. The topological polar surface area (TPSA) is 61.4 Å². The SMILES string of the molecule is CCC(CC)C(C)NC(=O)Nc1ccc(C(C)O)cc1. The highest BCUT2D eigenvalue weighted by Crippen LogP contribution is 2.16. The molecule has 20 heavy (non-hydrogen) atoms. The van der Waals surface area contributed by atoms with Crippen LogP contribution in [0.5, 0.6) is 0 Å². The number of hydrogen-bond donors (Lipinski definition) is 3. The minimum atomic E-state index is -0.493. The summed E-state index contributed by atoms with van der Waals surface area (Å²) in [4.78, 5) is 11.9. The first kappa shape index (κ1) is 16.5. The number of hydrogen-bond acceptors (Lipinski definition) is 2. The van der Waals surface area contributed by atoms with E-state index in [1.165, 1.54) is 0 Å². The number of anilines is 1. The largest absolute Gasteiger partial charge is 0.389 e. The summed E-state index contributed by atoms with van der Waals surface area (Å²) in [5.41, 5.74) is 1.56. The molecule has 1 aromatic rings. The highest BCUT2D eigenvalue weighted by atomic mass is 16.3. The highest BCUT2D eigenvalue weighted by molar-refractivity contribution is 5.89. The van der Waals surface area contributed by atoms with Crippen molar-refractivity contribution in [2.24, 2.45) is 5.92 Å². The molecule has 1 aromatic carbocycles. The molecule has 0 saturated carbocycles. The summed E-state index contributed by atoms with van der Waals surface area (Å²) in [6.07, 6.45) is 1.62. The normalized spacial score (nSPS) is 13.9. The summed E-state index contributed by atoms with van der Waals surface area (Å²) in [5.74, 6) is 0.498. The standard InChI is InChI=1S/C16H26N2O2/c1-5-13(6-2)11(3)17-16(20)18-15-9-7-14(8-10-15)12(4)19/h7-13,19H,5-6H2,1-4H3,(H2,17,18,20). The first-order chi connectivity index (χ1) is 9.47. The Bertz CT molecular complexity index is 411. The lowest BCUT2D eigenvalue weighted by Crippen LogP contribution is -2.40. The highest BCUT2D eigenvalue weighted by Gasteiger charge is 2.15. The van der Waals surface area contributed by atoms with Gasteiger partial charge in [0.25, 0.3) is 0 Å². The molecule has 0 aromatic heterocycles. The zero-order chi connectivity index (χ0) is 15.1. The molecule has 2 unspecified atom stereocenters. The fourth-order valence-corrected chi connectivity index (χ4v) is 2.33. The molecule has 0 aliphatic carbocycles. The van der Waals surface area contributed by atoms with Crippen LogP contribution in [0.4, 0.5) is 10.5 Å². The van der Waals surface area contributed by atoms with Crippen LogP contribution in [-0.2, 0) is 0 Å². The lowest BCUT2D eigenvalue weighted by atomic mass is 9.96. The van der Waals surface area contributed by atoms with Crippen molar-refractivity contribution in [3.8, 4) is 0 Å². The van der Waals surface area contributed by atoms with Gasteiger partial charge in [-0.2, -0.15) is 0 Å². The van der Waals surface area contributed by atoms with Gasteiger partial charge in [0.2, 0.25) is 0 Å². The lowest BCUT2D eigenvalue weighted by Gasteiger charge is -2.22. The Kier molecular flexibility index (Phi) is 6.52. The molecule has 0 aliphatic heterocycles. The van der Waals surface area contributed by atoms with Gasteiger partial charge in [-0.05, 0) is 37.5 Å². The first-order valence-electron chi connectivity index (χ1n) is 7.33. The Morgan fingerprint density at radius 2 is 1.70 bits per heavy atom. The van der Waals surface area contributed by atoms with Crippen molar-refractivity contribution in [3.63, 3.8) is 0 Å². The fourth-order valence-electron chi connectivity index (χ4n) is 2.33. The predicted octanol–water partition coefficient (Wildman–Crippen LogP) is 3.69. The molecule has 3 N–H and O–H groups in total. The molecule has 0 bridgehead atoms. The van der Waals surface area contributed by atoms with Gasteiger partial charge in [0, 0.05) is 11.7 Å². The second-order valence-electron chi connectivity index (χ2n) is 5.26. The molecule has 4 nitrogen and oxygen atoms in total. The number of aliphatic hydroxyl groups is 1. The third-order valence-corrected chi connectivity index (χ3v) is 3.77. The summed E-state index contributed by atoms with van der Waals surface area (Å²) in [7, 11) is 0. The van der Waals surface area contributed by atoms with Crippen LogP contribution in [0.15, 0.2) is 24.3 Å². The number of rotatable bonds is 6. The van der Waals surface area contributed by atoms with E-state index in [2.05, 4.69) is 24.5 Å². The minimum Gasteiger partial charge on any atom is -0.389 e. The van der Waals surface area contributed by atoms with E-state index in [1.807, 2.05) is 19.1 Å². The van der Waals surface area contributed by atoms with E-state index in [4.69, 9.17) is 0 Å². The van der Waals surface area contributed by atoms with Crippen LogP contribution in [0.25, 0.3) is 0 Å². The quantitative estimate of drug-likeness (QED) is 0.743. The Morgan fingerprint density at radius 1 is 1.15 bits per heavy atom. The van der Waals surface area contributed by atoms with E-state index < -0.39 is 6.10 Å². The molecule has 2 atom stereocenters. The minimum absolute atomic E-state index is 0.154. The Balaban J connectivity index is 2.53. The number of aliphatic hydroxyl groups excluding tert-OH is 1. The molecular weight excluding hydrogens is 252 g/mol. The number of amides is 2. The third-order valence-electron chi connectivity index (χ3n) is 3.77. The molecule has 2 amide bonds. The zero-order valence-corrected chi connectivity index (χ0v) is 12.8. The Morgan fingerprint density at radius 3 is 2.15 bits per heavy atom. The van der Waals surface area contributed by atoms with Crippen LogP contribution in [0.2, 0.25) is 0 Å². The van der Waals surface area contributed by atoms with Crippen molar-refractivity contribution < 1.29 is 9.90 Å². The Hall–Kier alpha value is -1.55. The van der Waals surface area contributed by atoms with Crippen LogP contribution in [0.1, 0.15) is 52.2 Å². The molecule has 0 spiro atoms. The van der Waals surface area contributed by atoms with E-state index >= 15 is 0 Å². The van der Waals surface area contributed by atoms with E-state index in [0.717, 1.165) is 24.1 Å². The van der Waals surface area contributed by atoms with Crippen LogP contribution >= 0.6 is 0 Å². The van der Waals surface area contributed by atoms with Gasteiger partial charge in [0.15, 0.2) is 0 Å². The molecule has 0 aliphatic rings. The van der Waals surface area contributed by atoms with Gasteiger partial charge in [-0.3, -0.25) is 0 Å². The summed E-state index contributed by atoms with van der Waals surface area (Å²) < 4.78 is 0. The van der Waals surface area contributed by atoms with E-state index in [-0.39, 0.29) is 12.1 Å². The van der Waals surface area contributed by atoms with Gasteiger partial charge < -0.3 is 15.7 Å². The maximum atomic E-state index is 11.9. The molecule has 0 heterocycles. The number of urea groups is 1. The van der Waals surface area contributed by atoms with Gasteiger partial charge in [-0.15, -0.1) is 0 Å². The second kappa shape index (κ2) is 7.90. The van der Waals surface area contributed by atoms with Crippen molar-refractivity contribution in [2.75, 3.05) is 5.32 Å². The monoisotopic (exact) mass is 278 g/mol. The van der Waals surface area contributed by atoms with Crippen molar-refractivity contribution in [2.45, 2.75) is 52.7 Å². The van der Waals surface area contributed by atoms with Gasteiger partial charge in [-0.25, -0.2) is 4.79 Å². The average Bonchev–Trinajstić information content (AvgIpc) is 2.40. The summed E-state index contributed by atoms with van der Waals surface area (Å²) in [6, 6.07) is 7.18. The maximum absolute atomic E-state index is 11.9. The molecule has 112 valence electrons. The first-order valence-corrected chi connectivity index (χ1v) is 7.33. The molecule has 1 rings (SSSR count). The van der Waals surface area contributed by atoms with Gasteiger partial charge in [0.05, 0.1) is 6.10 Å². The van der Waals surface area contributed by atoms with Crippen LogP contribution in [0, 0.1) is 5.92 Å². The molecule has 4 heteroatoms. The van der Waals surface area contributed by atoms with Gasteiger partial charge >= 0.3 is 6.03 Å². The number of benzene rings is 1. The van der Waals surface area contributed by atoms with E-state index in [1.54, 1.807) is 19.1 Å². The van der Waals surface area contributed by atoms with Crippen LogP contribution in [-0.4, -0.2) is 17.2 Å². The maximum Gasteiger partial charge on any atom is 0.319 e. The van der Waals surface area contributed by atoms with E-state index in [0.29, 0.717) is 5.92 Å². The lowest BCUT2D eigenvalue weighted by molar-refractivity contribution is 0.199. The fraction of sp³-hybridized carbons (Fsp3) is 0.562. The average molecular weight is 278 g/mol.